The van der Waals surface area contributed by atoms with Crippen molar-refractivity contribution >= 4 is 40.7 Å². The monoisotopic (exact) mass is 384 g/mol. The number of hydrogen-bond donors (Lipinski definition) is 3. The molecule has 0 radical (unpaired) electrons. The summed E-state index contributed by atoms with van der Waals surface area (Å²) in [5, 5.41) is 21.6. The van der Waals surface area contributed by atoms with Crippen molar-refractivity contribution in [2.75, 3.05) is 5.32 Å². The number of alkyl halides is 3. The Labute approximate surface area is 151 Å². The Morgan fingerprint density at radius 2 is 1.81 bits per heavy atom. The highest BCUT2D eigenvalue weighted by molar-refractivity contribution is 6.06. The highest BCUT2D eigenvalue weighted by atomic mass is 35.5. The van der Waals surface area contributed by atoms with E-state index in [4.69, 9.17) is 0 Å². The van der Waals surface area contributed by atoms with E-state index in [9.17, 15) is 28.2 Å². The fraction of sp³-hybridized carbons (Fsp3) is 0.0588. The number of aromatic hydroxyl groups is 1. The van der Waals surface area contributed by atoms with E-state index in [1.807, 2.05) is 0 Å². The van der Waals surface area contributed by atoms with Crippen molar-refractivity contribution in [2.24, 2.45) is 0 Å². The summed E-state index contributed by atoms with van der Waals surface area (Å²) < 4.78 is 39.5. The van der Waals surface area contributed by atoms with Crippen LogP contribution < -0.4 is 5.32 Å². The zero-order valence-electron chi connectivity index (χ0n) is 12.9. The van der Waals surface area contributed by atoms with Crippen LogP contribution in [0.25, 0.3) is 10.9 Å². The van der Waals surface area contributed by atoms with E-state index in [1.54, 1.807) is 6.07 Å². The molecule has 0 atom stereocenters. The molecule has 1 aromatic heterocycles. The number of aromatic carboxylic acids is 1. The summed E-state index contributed by atoms with van der Waals surface area (Å²) in [6.45, 7) is 0. The molecule has 2 aromatic carbocycles. The van der Waals surface area contributed by atoms with E-state index in [1.165, 1.54) is 30.3 Å². The second kappa shape index (κ2) is 7.09. The number of rotatable bonds is 3. The minimum atomic E-state index is -4.63. The Kier molecular flexibility index (Phi) is 5.27. The SMILES string of the molecule is Cl.O=C(O)c1cnc2c(C(F)(F)F)cccc2c1Nc1cccc(O)c1. The Balaban J connectivity index is 0.00000243. The summed E-state index contributed by atoms with van der Waals surface area (Å²) in [7, 11) is 0. The van der Waals surface area contributed by atoms with Crippen LogP contribution in [0.4, 0.5) is 24.5 Å². The van der Waals surface area contributed by atoms with E-state index in [0.717, 1.165) is 12.3 Å². The van der Waals surface area contributed by atoms with Gasteiger partial charge in [0.05, 0.1) is 16.8 Å². The topological polar surface area (TPSA) is 82.5 Å². The summed E-state index contributed by atoms with van der Waals surface area (Å²) in [6, 6.07) is 9.23. The fourth-order valence-corrected chi connectivity index (χ4v) is 2.48. The van der Waals surface area contributed by atoms with Gasteiger partial charge in [0.1, 0.15) is 11.3 Å². The van der Waals surface area contributed by atoms with Crippen LogP contribution in [0.1, 0.15) is 15.9 Å². The molecule has 9 heteroatoms. The maximum atomic E-state index is 13.2. The predicted molar refractivity (Wildman–Crippen MR) is 92.3 cm³/mol. The van der Waals surface area contributed by atoms with Gasteiger partial charge in [-0.3, -0.25) is 4.98 Å². The van der Waals surface area contributed by atoms with Crippen LogP contribution in [0.2, 0.25) is 0 Å². The van der Waals surface area contributed by atoms with Crippen molar-refractivity contribution in [3.8, 4) is 5.75 Å². The number of carboxylic acids is 1. The molecule has 0 aliphatic carbocycles. The summed E-state index contributed by atoms with van der Waals surface area (Å²) in [6.07, 6.45) is -3.75. The fourth-order valence-electron chi connectivity index (χ4n) is 2.48. The predicted octanol–water partition coefficient (Wildman–Crippen LogP) is 4.82. The van der Waals surface area contributed by atoms with Crippen LogP contribution in [0.5, 0.6) is 5.75 Å². The van der Waals surface area contributed by atoms with Crippen molar-refractivity contribution in [1.29, 1.82) is 0 Å². The van der Waals surface area contributed by atoms with E-state index >= 15 is 0 Å². The number of carbonyl (C=O) groups is 1. The lowest BCUT2D eigenvalue weighted by molar-refractivity contribution is -0.136. The number of carboxylic acid groups (broad SMARTS) is 1. The summed E-state index contributed by atoms with van der Waals surface area (Å²) in [4.78, 5) is 15.2. The van der Waals surface area contributed by atoms with Crippen molar-refractivity contribution in [3.63, 3.8) is 0 Å². The lowest BCUT2D eigenvalue weighted by Crippen LogP contribution is -2.09. The van der Waals surface area contributed by atoms with E-state index in [-0.39, 0.29) is 40.3 Å². The normalized spacial score (nSPS) is 11.0. The van der Waals surface area contributed by atoms with E-state index < -0.39 is 17.7 Å². The first-order chi connectivity index (χ1) is 11.8. The Bertz CT molecular complexity index is 977. The zero-order valence-corrected chi connectivity index (χ0v) is 13.7. The standard InChI is InChI=1S/C17H11F3N2O3.ClH/c18-17(19,20)13-6-2-5-11-14(12(16(24)25)8-21-15(11)13)22-9-3-1-4-10(23)7-9;/h1-8,23H,(H,21,22)(H,24,25);1H. The number of hydrogen-bond acceptors (Lipinski definition) is 4. The second-order valence-corrected chi connectivity index (χ2v) is 5.23. The molecular weight excluding hydrogens is 373 g/mol. The van der Waals surface area contributed by atoms with Crippen LogP contribution >= 0.6 is 12.4 Å². The summed E-state index contributed by atoms with van der Waals surface area (Å²) in [5.41, 5.74) is -1.31. The van der Waals surface area contributed by atoms with E-state index in [2.05, 4.69) is 10.3 Å². The van der Waals surface area contributed by atoms with Gasteiger partial charge in [0.15, 0.2) is 0 Å². The molecule has 0 saturated carbocycles. The third kappa shape index (κ3) is 3.65. The Morgan fingerprint density at radius 1 is 1.12 bits per heavy atom. The molecule has 0 aliphatic rings. The molecule has 26 heavy (non-hydrogen) atoms. The minimum Gasteiger partial charge on any atom is -0.508 e. The largest absolute Gasteiger partial charge is 0.508 e. The smallest absolute Gasteiger partial charge is 0.418 e. The average molecular weight is 385 g/mol. The van der Waals surface area contributed by atoms with Gasteiger partial charge in [0.2, 0.25) is 0 Å². The Morgan fingerprint density at radius 3 is 2.42 bits per heavy atom. The number of nitrogens with one attached hydrogen (secondary N) is 1. The first-order valence-corrected chi connectivity index (χ1v) is 7.05. The van der Waals surface area contributed by atoms with Gasteiger partial charge in [0, 0.05) is 23.3 Å². The molecule has 3 rings (SSSR count). The van der Waals surface area contributed by atoms with Crippen molar-refractivity contribution in [2.45, 2.75) is 6.18 Å². The molecule has 5 nitrogen and oxygen atoms in total. The minimum absolute atomic E-state index is 0. The van der Waals surface area contributed by atoms with Crippen LogP contribution in [-0.4, -0.2) is 21.2 Å². The van der Waals surface area contributed by atoms with Gasteiger partial charge >= 0.3 is 12.1 Å². The third-order valence-corrected chi connectivity index (χ3v) is 3.55. The number of halogens is 4. The van der Waals surface area contributed by atoms with Gasteiger partial charge < -0.3 is 15.5 Å². The highest BCUT2D eigenvalue weighted by Gasteiger charge is 2.34. The molecular formula is C17H12ClF3N2O3. The molecule has 0 spiro atoms. The second-order valence-electron chi connectivity index (χ2n) is 5.23. The number of benzene rings is 2. The first-order valence-electron chi connectivity index (χ1n) is 7.05. The first kappa shape index (κ1) is 19.3. The van der Waals surface area contributed by atoms with Crippen LogP contribution in [0, 0.1) is 0 Å². The van der Waals surface area contributed by atoms with Crippen LogP contribution in [0.15, 0.2) is 48.7 Å². The van der Waals surface area contributed by atoms with Gasteiger partial charge in [0.25, 0.3) is 0 Å². The number of para-hydroxylation sites is 1. The third-order valence-electron chi connectivity index (χ3n) is 3.55. The molecule has 0 fully saturated rings. The average Bonchev–Trinajstić information content (AvgIpc) is 2.53. The molecule has 0 aliphatic heterocycles. The van der Waals surface area contributed by atoms with Gasteiger partial charge in [-0.15, -0.1) is 12.4 Å². The molecule has 0 bridgehead atoms. The Hall–Kier alpha value is -3.00. The van der Waals surface area contributed by atoms with E-state index in [0.29, 0.717) is 5.69 Å². The van der Waals surface area contributed by atoms with Crippen molar-refractivity contribution in [1.82, 2.24) is 4.98 Å². The number of pyridine rings is 1. The number of phenols is 1. The molecule has 3 N–H and O–H groups in total. The molecule has 0 unspecified atom stereocenters. The number of fused-ring (bicyclic) bond motifs is 1. The van der Waals surface area contributed by atoms with Crippen molar-refractivity contribution in [3.05, 3.63) is 59.8 Å². The number of anilines is 2. The summed E-state index contributed by atoms with van der Waals surface area (Å²) in [5.74, 6) is -1.41. The van der Waals surface area contributed by atoms with Gasteiger partial charge in [-0.1, -0.05) is 18.2 Å². The molecule has 0 amide bonds. The highest BCUT2D eigenvalue weighted by Crippen LogP contribution is 2.37. The van der Waals surface area contributed by atoms with Crippen LogP contribution in [0.3, 0.4) is 0 Å². The van der Waals surface area contributed by atoms with Gasteiger partial charge in [-0.05, 0) is 18.2 Å². The lowest BCUT2D eigenvalue weighted by atomic mass is 10.0. The molecule has 0 saturated heterocycles. The zero-order chi connectivity index (χ0) is 18.2. The molecule has 136 valence electrons. The maximum Gasteiger partial charge on any atom is 0.418 e. The molecule has 3 aromatic rings. The number of phenolic OH excluding ortho intramolecular Hbond substituents is 1. The van der Waals surface area contributed by atoms with Crippen molar-refractivity contribution < 1.29 is 28.2 Å². The van der Waals surface area contributed by atoms with Crippen LogP contribution in [-0.2, 0) is 6.18 Å². The number of nitrogens with zero attached hydrogens (tertiary/aromatic N) is 1. The summed E-state index contributed by atoms with van der Waals surface area (Å²) >= 11 is 0. The lowest BCUT2D eigenvalue weighted by Gasteiger charge is -2.15. The van der Waals surface area contributed by atoms with Gasteiger partial charge in [-0.2, -0.15) is 13.2 Å². The maximum absolute atomic E-state index is 13.2. The van der Waals surface area contributed by atoms with Gasteiger partial charge in [-0.25, -0.2) is 4.79 Å². The molecule has 1 heterocycles. The quantitative estimate of drug-likeness (QED) is 0.603. The number of aromatic nitrogens is 1.